The molecule has 1 aliphatic heterocycles. The third-order valence-electron chi connectivity index (χ3n) is 20.1. The zero-order valence-corrected chi connectivity index (χ0v) is 66.3. The lowest BCUT2D eigenvalue weighted by atomic mass is 9.96. The summed E-state index contributed by atoms with van der Waals surface area (Å²) in [5.41, 5.74) is 15.6. The van der Waals surface area contributed by atoms with Gasteiger partial charge in [-0.2, -0.15) is 0 Å². The largest absolute Gasteiger partial charge is 0.508 e. The lowest BCUT2D eigenvalue weighted by Gasteiger charge is -2.30. The van der Waals surface area contributed by atoms with Crippen LogP contribution in [0.1, 0.15) is 102 Å². The summed E-state index contributed by atoms with van der Waals surface area (Å²) in [6.07, 6.45) is 3.11. The van der Waals surface area contributed by atoms with Gasteiger partial charge in [-0.1, -0.05) is 164 Å². The summed E-state index contributed by atoms with van der Waals surface area (Å²) in [5, 5.41) is 55.0. The number of guanidine groups is 1. The number of rotatable bonds is 20. The Balaban J connectivity index is 1.16. The number of hydrogen-bond acceptors (Lipinski definition) is 16. The number of carbonyl (C=O) groups excluding carboxylic acids is 13. The van der Waals surface area contributed by atoms with Gasteiger partial charge in [0.15, 0.2) is 5.96 Å². The number of thioether (sulfide) groups is 1. The molecule has 1 saturated heterocycles. The van der Waals surface area contributed by atoms with Gasteiger partial charge in [-0.05, 0) is 89.6 Å². The first-order valence-electron chi connectivity index (χ1n) is 38.5. The molecular weight excluding hydrogens is 1490 g/mol. The fourth-order valence-electron chi connectivity index (χ4n) is 13.1. The van der Waals surface area contributed by atoms with Crippen molar-refractivity contribution in [1.29, 1.82) is 5.41 Å². The highest BCUT2D eigenvalue weighted by atomic mass is 32.2. The summed E-state index contributed by atoms with van der Waals surface area (Å²) >= 11 is 0.874. The van der Waals surface area contributed by atoms with Gasteiger partial charge in [-0.3, -0.25) is 67.7 Å². The number of carbonyl (C=O) groups is 13. The van der Waals surface area contributed by atoms with Gasteiger partial charge in [0, 0.05) is 78.6 Å². The van der Waals surface area contributed by atoms with E-state index in [0.29, 0.717) is 62.5 Å². The highest BCUT2D eigenvalue weighted by Gasteiger charge is 2.39. The van der Waals surface area contributed by atoms with Gasteiger partial charge in [-0.15, -0.1) is 11.8 Å². The van der Waals surface area contributed by atoms with Crippen molar-refractivity contribution in [2.24, 2.45) is 29.2 Å². The number of amides is 13. The number of aromatic nitrogens is 2. The Kier molecular flexibility index (Phi) is 33.1. The second kappa shape index (κ2) is 43.1. The molecule has 32 nitrogen and oxygen atoms in total. The van der Waals surface area contributed by atoms with Crippen LogP contribution in [0.15, 0.2) is 146 Å². The van der Waals surface area contributed by atoms with Crippen LogP contribution in [0, 0.1) is 23.2 Å². The molecule has 0 spiro atoms. The van der Waals surface area contributed by atoms with Crippen LogP contribution >= 0.6 is 11.8 Å². The van der Waals surface area contributed by atoms with Gasteiger partial charge < -0.3 is 95.7 Å². The second-order valence-corrected chi connectivity index (χ2v) is 30.3. The van der Waals surface area contributed by atoms with Gasteiger partial charge >= 0.3 is 0 Å². The molecule has 1 fully saturated rings. The lowest BCUT2D eigenvalue weighted by Crippen LogP contribution is -2.61. The number of hydrogen-bond donors (Lipinski definition) is 19. The molecule has 0 radical (unpaired) electrons. The quantitative estimate of drug-likeness (QED) is 0.0293. The van der Waals surface area contributed by atoms with Crippen LogP contribution in [0.2, 0.25) is 0 Å². The van der Waals surface area contributed by atoms with Crippen LogP contribution in [0.3, 0.4) is 0 Å². The molecular formula is C82H106N18O14S. The van der Waals surface area contributed by atoms with E-state index in [-0.39, 0.29) is 69.0 Å². The molecule has 13 atom stereocenters. The standard InChI is InChI=1S/C82H106N18O14S/c1-8-46(5)69-79(112)89-42-66(102)91-59(29-20-34-86-82(84)85)73(106)95-63(38-52-40-87-57-27-18-16-25-55(52)57)77(110)98-68(45(3)4)80(113)100-70(47(6)9-2)81(114)90-48(7)72(105)97-65(71(83)104)43-115-44-67(103)92-60(35-49-21-12-10-13-22-49)74(107)93-62(37-51-30-32-54(101)33-31-51)75(108)94-61(36-50-23-14-11-15-24-50)76(109)96-64(78(111)99-69)39-53-41-88-58-28-19-17-26-56(53)58/h10-19,21-28,30-33,40-41,45-48,59-65,68-70,87-88,101H,8-9,20,29,34-39,42-44H2,1-7H3,(H2,83,104)(H,89,112)(H,90,114)(H,91,102)(H,92,103)(H,93,107)(H,94,108)(H,95,106)(H,96,109)(H,97,105)(H,98,110)(H,99,111)(H,100,113)(H4,84,85,86)/t46?,47?,48-,59-,60+,61-,62-,63-,64-,65-,68-,69-,70-/m0/s1. The summed E-state index contributed by atoms with van der Waals surface area (Å²) in [4.78, 5) is 196. The van der Waals surface area contributed by atoms with E-state index in [9.17, 15) is 48.3 Å². The number of phenols is 1. The fraction of sp³-hybridized carbons (Fsp3) is 0.415. The smallest absolute Gasteiger partial charge is 0.243 e. The van der Waals surface area contributed by atoms with E-state index in [1.54, 1.807) is 139 Å². The van der Waals surface area contributed by atoms with Crippen molar-refractivity contribution in [3.8, 4) is 5.75 Å². The number of aromatic hydroxyl groups is 1. The van der Waals surface area contributed by atoms with Crippen molar-refractivity contribution in [1.82, 2.24) is 79.1 Å². The Morgan fingerprint density at radius 2 is 0.878 bits per heavy atom. The van der Waals surface area contributed by atoms with E-state index >= 15 is 19.2 Å². The van der Waals surface area contributed by atoms with Crippen LogP contribution in [-0.4, -0.2) is 189 Å². The zero-order chi connectivity index (χ0) is 83.4. The second-order valence-electron chi connectivity index (χ2n) is 29.2. The van der Waals surface area contributed by atoms with Crippen molar-refractivity contribution in [2.75, 3.05) is 24.6 Å². The number of H-pyrrole nitrogens is 2. The van der Waals surface area contributed by atoms with E-state index in [0.717, 1.165) is 11.8 Å². The summed E-state index contributed by atoms with van der Waals surface area (Å²) < 4.78 is 0. The normalized spacial score (nSPS) is 23.0. The molecule has 614 valence electrons. The highest BCUT2D eigenvalue weighted by molar-refractivity contribution is 8.00. The molecule has 0 bridgehead atoms. The Bertz CT molecular complexity index is 4560. The fourth-order valence-corrected chi connectivity index (χ4v) is 14.0. The van der Waals surface area contributed by atoms with Crippen LogP contribution in [0.5, 0.6) is 5.75 Å². The average Bonchev–Trinajstić information content (AvgIpc) is 1.75. The molecule has 2 unspecified atom stereocenters. The number of phenolic OH excluding ortho intramolecular Hbond substituents is 1. The molecule has 2 aromatic heterocycles. The van der Waals surface area contributed by atoms with Crippen molar-refractivity contribution >= 4 is 116 Å². The summed E-state index contributed by atoms with van der Waals surface area (Å²) in [5.74, 6) is -14.1. The van der Waals surface area contributed by atoms with E-state index < -0.39 is 173 Å². The summed E-state index contributed by atoms with van der Waals surface area (Å²) in [7, 11) is 0. The molecule has 3 heterocycles. The summed E-state index contributed by atoms with van der Waals surface area (Å²) in [6.45, 7) is 10.9. The maximum Gasteiger partial charge on any atom is 0.243 e. The molecule has 33 heteroatoms. The first kappa shape index (κ1) is 88.3. The van der Waals surface area contributed by atoms with E-state index in [1.165, 1.54) is 31.2 Å². The number of nitrogens with two attached hydrogens (primary N) is 2. The minimum Gasteiger partial charge on any atom is -0.508 e. The number of primary amides is 1. The molecule has 115 heavy (non-hydrogen) atoms. The number of fused-ring (bicyclic) bond motifs is 2. The topological polar surface area (TPSA) is 506 Å². The van der Waals surface area contributed by atoms with E-state index in [4.69, 9.17) is 16.9 Å². The van der Waals surface area contributed by atoms with Crippen molar-refractivity contribution in [3.05, 3.63) is 174 Å². The molecule has 5 aromatic carbocycles. The van der Waals surface area contributed by atoms with Gasteiger partial charge in [0.25, 0.3) is 0 Å². The highest BCUT2D eigenvalue weighted by Crippen LogP contribution is 2.23. The monoisotopic (exact) mass is 1600 g/mol. The average molecular weight is 1600 g/mol. The van der Waals surface area contributed by atoms with Gasteiger partial charge in [-0.25, -0.2) is 0 Å². The maximum atomic E-state index is 15.4. The maximum absolute atomic E-state index is 15.4. The molecule has 8 rings (SSSR count). The third-order valence-corrected chi connectivity index (χ3v) is 21.2. The SMILES string of the molecule is CCC(C)[C@@H]1NC(=O)[C@H](Cc2c[nH]c3ccccc23)NC(=O)[C@H](Cc2ccccc2)NC(=O)[C@H](Cc2ccc(O)cc2)NC(=O)[C@@H](Cc2ccccc2)NC(=O)CSC[C@@H](C(N)=O)NC(=O)[C@H](C)NC(=O)[C@H](C(C)CC)NC(=O)[C@H](C(C)C)NC(=O)[C@H](Cc2c[nH]c3ccccc23)NC(=O)[C@H](CCCNC(=N)N)NC(=O)CNC1=O. The molecule has 7 aromatic rings. The number of nitrogens with one attached hydrogen (secondary N) is 16. The molecule has 0 saturated carbocycles. The first-order chi connectivity index (χ1) is 55.0. The van der Waals surface area contributed by atoms with E-state index in [2.05, 4.69) is 79.1 Å². The minimum absolute atomic E-state index is 0.0634. The van der Waals surface area contributed by atoms with Crippen LogP contribution < -0.4 is 80.6 Å². The minimum atomic E-state index is -1.51. The van der Waals surface area contributed by atoms with Gasteiger partial charge in [0.05, 0.1) is 12.3 Å². The predicted molar refractivity (Wildman–Crippen MR) is 435 cm³/mol. The lowest BCUT2D eigenvalue weighted by molar-refractivity contribution is -0.136. The molecule has 0 aliphatic carbocycles. The predicted octanol–water partition coefficient (Wildman–Crippen LogP) is 1.58. The van der Waals surface area contributed by atoms with Crippen molar-refractivity contribution < 1.29 is 67.4 Å². The Labute approximate surface area is 670 Å². The first-order valence-corrected chi connectivity index (χ1v) is 39.6. The Hall–Kier alpha value is -12.3. The number of benzene rings is 5. The number of aromatic amines is 2. The van der Waals surface area contributed by atoms with Crippen LogP contribution in [0.4, 0.5) is 0 Å². The molecule has 21 N–H and O–H groups in total. The van der Waals surface area contributed by atoms with E-state index in [1.807, 2.05) is 24.3 Å². The Morgan fingerprint density at radius 1 is 0.470 bits per heavy atom. The zero-order valence-electron chi connectivity index (χ0n) is 65.4. The molecule has 13 amide bonds. The van der Waals surface area contributed by atoms with Crippen LogP contribution in [-0.2, 0) is 94.4 Å². The van der Waals surface area contributed by atoms with Crippen LogP contribution in [0.25, 0.3) is 21.8 Å². The Morgan fingerprint density at radius 3 is 1.36 bits per heavy atom. The summed E-state index contributed by atoms with van der Waals surface area (Å²) in [6, 6.07) is 21.9. The number of para-hydroxylation sites is 2. The third kappa shape index (κ3) is 26.4. The van der Waals surface area contributed by atoms with Crippen molar-refractivity contribution in [3.63, 3.8) is 0 Å². The van der Waals surface area contributed by atoms with Crippen molar-refractivity contribution in [2.45, 2.75) is 173 Å². The van der Waals surface area contributed by atoms with Gasteiger partial charge in [0.1, 0.15) is 72.2 Å². The van der Waals surface area contributed by atoms with Gasteiger partial charge in [0.2, 0.25) is 76.8 Å². The molecule has 1 aliphatic rings.